The monoisotopic (exact) mass is 438 g/mol. The van der Waals surface area contributed by atoms with Crippen LogP contribution in [0.5, 0.6) is 0 Å². The molecule has 3 rings (SSSR count). The molecular formula is C21H31BrN2O3. The highest BCUT2D eigenvalue weighted by atomic mass is 79.9. The first-order valence-electron chi connectivity index (χ1n) is 10.1. The summed E-state index contributed by atoms with van der Waals surface area (Å²) in [4.78, 5) is 15.1. The lowest BCUT2D eigenvalue weighted by Crippen LogP contribution is -2.47. The van der Waals surface area contributed by atoms with Gasteiger partial charge in [-0.05, 0) is 48.4 Å². The highest BCUT2D eigenvalue weighted by Crippen LogP contribution is 2.42. The molecule has 0 radical (unpaired) electrons. The second-order valence-corrected chi connectivity index (χ2v) is 8.68. The molecule has 6 heteroatoms. The third-order valence-electron chi connectivity index (χ3n) is 5.82. The van der Waals surface area contributed by atoms with Crippen LogP contribution in [-0.4, -0.2) is 55.4 Å². The molecule has 5 nitrogen and oxygen atoms in total. The second-order valence-electron chi connectivity index (χ2n) is 7.76. The molecule has 0 bridgehead atoms. The first-order chi connectivity index (χ1) is 13.1. The number of aliphatic hydroxyl groups excluding tert-OH is 1. The summed E-state index contributed by atoms with van der Waals surface area (Å²) in [5, 5.41) is 12.9. The van der Waals surface area contributed by atoms with Gasteiger partial charge in [-0.1, -0.05) is 41.3 Å². The standard InChI is InChI=1S/C21H31BrN2O3/c1-27-14-18(25)12-23-13-20(26)24-10-9-15-7-8-17(22)11-19(15)21(24)16-5-3-2-4-6-16/h7-8,11,16,18,21,23,25H,2-6,9-10,12-14H2,1H3/t18-,21?/m0/s1. The van der Waals surface area contributed by atoms with Crippen LogP contribution in [0, 0.1) is 5.92 Å². The summed E-state index contributed by atoms with van der Waals surface area (Å²) < 4.78 is 6.02. The molecule has 27 heavy (non-hydrogen) atoms. The third-order valence-corrected chi connectivity index (χ3v) is 6.31. The van der Waals surface area contributed by atoms with Crippen LogP contribution >= 0.6 is 15.9 Å². The van der Waals surface area contributed by atoms with Crippen LogP contribution in [-0.2, 0) is 16.0 Å². The number of methoxy groups -OCH3 is 1. The Morgan fingerprint density at radius 1 is 1.37 bits per heavy atom. The number of carbonyl (C=O) groups is 1. The van der Waals surface area contributed by atoms with E-state index in [-0.39, 0.29) is 25.1 Å². The lowest BCUT2D eigenvalue weighted by Gasteiger charge is -2.43. The molecule has 1 aliphatic carbocycles. The molecule has 0 aromatic heterocycles. The van der Waals surface area contributed by atoms with Crippen molar-refractivity contribution >= 4 is 21.8 Å². The van der Waals surface area contributed by atoms with E-state index in [0.29, 0.717) is 12.5 Å². The van der Waals surface area contributed by atoms with E-state index < -0.39 is 6.10 Å². The quantitative estimate of drug-likeness (QED) is 0.686. The molecule has 150 valence electrons. The molecule has 1 saturated carbocycles. The van der Waals surface area contributed by atoms with Gasteiger partial charge in [-0.2, -0.15) is 0 Å². The summed E-state index contributed by atoms with van der Waals surface area (Å²) in [6.45, 7) is 1.67. The average Bonchev–Trinajstić information content (AvgIpc) is 2.67. The Balaban J connectivity index is 1.73. The van der Waals surface area contributed by atoms with Crippen LogP contribution < -0.4 is 5.32 Å². The molecule has 2 atom stereocenters. The topological polar surface area (TPSA) is 61.8 Å². The molecule has 1 heterocycles. The molecule has 2 N–H and O–H groups in total. The molecule has 1 aromatic carbocycles. The van der Waals surface area contributed by atoms with Crippen molar-refractivity contribution in [3.05, 3.63) is 33.8 Å². The fraction of sp³-hybridized carbons (Fsp3) is 0.667. The zero-order valence-corrected chi connectivity index (χ0v) is 17.7. The van der Waals surface area contributed by atoms with E-state index in [4.69, 9.17) is 4.74 Å². The minimum atomic E-state index is -0.588. The summed E-state index contributed by atoms with van der Waals surface area (Å²) in [5.41, 5.74) is 2.69. The number of amides is 1. The van der Waals surface area contributed by atoms with Crippen molar-refractivity contribution in [3.63, 3.8) is 0 Å². The van der Waals surface area contributed by atoms with Gasteiger partial charge in [-0.15, -0.1) is 0 Å². The molecule has 1 unspecified atom stereocenters. The summed E-state index contributed by atoms with van der Waals surface area (Å²) in [5.74, 6) is 0.663. The Morgan fingerprint density at radius 3 is 2.89 bits per heavy atom. The summed E-state index contributed by atoms with van der Waals surface area (Å²) in [7, 11) is 1.56. The predicted octanol–water partition coefficient (Wildman–Crippen LogP) is 3.05. The largest absolute Gasteiger partial charge is 0.389 e. The SMILES string of the molecule is COC[C@@H](O)CNCC(=O)N1CCc2ccc(Br)cc2C1C1CCCCC1. The number of benzene rings is 1. The molecule has 1 fully saturated rings. The first kappa shape index (κ1) is 20.8. The highest BCUT2D eigenvalue weighted by Gasteiger charge is 2.36. The molecule has 0 spiro atoms. The maximum atomic E-state index is 13.0. The molecule has 0 saturated heterocycles. The Bertz CT molecular complexity index is 634. The van der Waals surface area contributed by atoms with E-state index in [9.17, 15) is 9.90 Å². The summed E-state index contributed by atoms with van der Waals surface area (Å²) >= 11 is 3.62. The van der Waals surface area contributed by atoms with Gasteiger partial charge in [0, 0.05) is 24.7 Å². The van der Waals surface area contributed by atoms with Gasteiger partial charge in [0.1, 0.15) is 0 Å². The average molecular weight is 439 g/mol. The van der Waals surface area contributed by atoms with Gasteiger partial charge < -0.3 is 20.1 Å². The van der Waals surface area contributed by atoms with Gasteiger partial charge in [-0.25, -0.2) is 0 Å². The number of fused-ring (bicyclic) bond motifs is 1. The van der Waals surface area contributed by atoms with Crippen LogP contribution in [0.15, 0.2) is 22.7 Å². The highest BCUT2D eigenvalue weighted by molar-refractivity contribution is 9.10. The van der Waals surface area contributed by atoms with Crippen molar-refractivity contribution < 1.29 is 14.6 Å². The third kappa shape index (κ3) is 5.31. The van der Waals surface area contributed by atoms with Crippen LogP contribution in [0.3, 0.4) is 0 Å². The number of hydrogen-bond acceptors (Lipinski definition) is 4. The van der Waals surface area contributed by atoms with Crippen LogP contribution in [0.1, 0.15) is 49.3 Å². The van der Waals surface area contributed by atoms with E-state index in [1.165, 1.54) is 43.2 Å². The van der Waals surface area contributed by atoms with Crippen molar-refractivity contribution in [2.45, 2.75) is 50.7 Å². The molecular weight excluding hydrogens is 408 g/mol. The van der Waals surface area contributed by atoms with E-state index in [2.05, 4.69) is 44.3 Å². The number of carbonyl (C=O) groups excluding carboxylic acids is 1. The Kier molecular flexibility index (Phi) is 7.70. The van der Waals surface area contributed by atoms with E-state index in [0.717, 1.165) is 17.4 Å². The zero-order valence-electron chi connectivity index (χ0n) is 16.1. The van der Waals surface area contributed by atoms with Gasteiger partial charge >= 0.3 is 0 Å². The van der Waals surface area contributed by atoms with Crippen molar-refractivity contribution in [1.29, 1.82) is 0 Å². The predicted molar refractivity (Wildman–Crippen MR) is 110 cm³/mol. The van der Waals surface area contributed by atoms with Gasteiger partial charge in [0.05, 0.1) is 25.3 Å². The molecule has 2 aliphatic rings. The van der Waals surface area contributed by atoms with Gasteiger partial charge in [0.2, 0.25) is 5.91 Å². The van der Waals surface area contributed by atoms with Gasteiger partial charge in [0.25, 0.3) is 0 Å². The second kappa shape index (κ2) is 10.0. The lowest BCUT2D eigenvalue weighted by atomic mass is 9.77. The smallest absolute Gasteiger partial charge is 0.237 e. The first-order valence-corrected chi connectivity index (χ1v) is 10.8. The molecule has 1 aliphatic heterocycles. The van der Waals surface area contributed by atoms with Crippen molar-refractivity contribution in [2.24, 2.45) is 5.92 Å². The number of hydrogen-bond donors (Lipinski definition) is 2. The van der Waals surface area contributed by atoms with E-state index >= 15 is 0 Å². The minimum absolute atomic E-state index is 0.126. The number of rotatable bonds is 7. The zero-order chi connectivity index (χ0) is 19.2. The van der Waals surface area contributed by atoms with Crippen LogP contribution in [0.4, 0.5) is 0 Å². The molecule has 1 aromatic rings. The number of nitrogens with one attached hydrogen (secondary N) is 1. The Hall–Kier alpha value is -0.950. The van der Waals surface area contributed by atoms with Crippen LogP contribution in [0.2, 0.25) is 0 Å². The fourth-order valence-electron chi connectivity index (χ4n) is 4.55. The summed E-state index contributed by atoms with van der Waals surface area (Å²) in [6, 6.07) is 6.69. The van der Waals surface area contributed by atoms with Crippen molar-refractivity contribution in [1.82, 2.24) is 10.2 Å². The van der Waals surface area contributed by atoms with Crippen molar-refractivity contribution in [2.75, 3.05) is 33.4 Å². The number of nitrogens with zero attached hydrogens (tertiary/aromatic N) is 1. The number of ether oxygens (including phenoxy) is 1. The maximum Gasteiger partial charge on any atom is 0.237 e. The van der Waals surface area contributed by atoms with Gasteiger partial charge in [0.15, 0.2) is 0 Å². The minimum Gasteiger partial charge on any atom is -0.389 e. The van der Waals surface area contributed by atoms with E-state index in [1.54, 1.807) is 7.11 Å². The van der Waals surface area contributed by atoms with Crippen molar-refractivity contribution in [3.8, 4) is 0 Å². The van der Waals surface area contributed by atoms with Gasteiger partial charge in [-0.3, -0.25) is 4.79 Å². The van der Waals surface area contributed by atoms with E-state index in [1.807, 2.05) is 0 Å². The number of halogens is 1. The normalized spacial score (nSPS) is 21.7. The maximum absolute atomic E-state index is 13.0. The lowest BCUT2D eigenvalue weighted by molar-refractivity contribution is -0.135. The summed E-state index contributed by atoms with van der Waals surface area (Å²) in [6.07, 6.45) is 6.53. The Labute approximate surface area is 170 Å². The Morgan fingerprint density at radius 2 is 2.15 bits per heavy atom. The molecule has 1 amide bonds. The number of aliphatic hydroxyl groups is 1. The van der Waals surface area contributed by atoms with Crippen LogP contribution in [0.25, 0.3) is 0 Å². The fourth-order valence-corrected chi connectivity index (χ4v) is 4.93.